The topological polar surface area (TPSA) is 62.5 Å². The average molecular weight is 505 g/mol. The number of benzene rings is 3. The summed E-state index contributed by atoms with van der Waals surface area (Å²) in [6, 6.07) is 34.9. The molecule has 190 valence electrons. The van der Waals surface area contributed by atoms with Crippen molar-refractivity contribution in [2.75, 3.05) is 13.2 Å². The Kier molecular flexibility index (Phi) is 7.22. The van der Waals surface area contributed by atoms with Crippen molar-refractivity contribution >= 4 is 12.2 Å². The van der Waals surface area contributed by atoms with Crippen LogP contribution in [0, 0.1) is 0 Å². The Morgan fingerprint density at radius 2 is 0.842 bits per heavy atom. The summed E-state index contributed by atoms with van der Waals surface area (Å²) in [5, 5.41) is 0. The highest BCUT2D eigenvalue weighted by atomic mass is 16.6. The minimum Gasteiger partial charge on any atom is -0.449 e. The normalized spacial score (nSPS) is 10.8. The van der Waals surface area contributed by atoms with Crippen molar-refractivity contribution in [1.29, 1.82) is 0 Å². The van der Waals surface area contributed by atoms with Crippen LogP contribution in [-0.2, 0) is 9.47 Å². The van der Waals surface area contributed by atoms with Crippen LogP contribution in [0.1, 0.15) is 13.8 Å². The lowest BCUT2D eigenvalue weighted by molar-refractivity contribution is 0.154. The molecule has 0 saturated carbocycles. The maximum Gasteiger partial charge on any atom is 0.418 e. The van der Waals surface area contributed by atoms with E-state index in [-0.39, 0.29) is 13.2 Å². The van der Waals surface area contributed by atoms with Gasteiger partial charge in [0, 0.05) is 0 Å². The Morgan fingerprint density at radius 1 is 0.500 bits per heavy atom. The zero-order chi connectivity index (χ0) is 26.5. The van der Waals surface area contributed by atoms with Crippen LogP contribution < -0.4 is 0 Å². The molecule has 6 heteroatoms. The summed E-state index contributed by atoms with van der Waals surface area (Å²) in [6.45, 7) is 4.11. The fourth-order valence-electron chi connectivity index (χ4n) is 4.60. The quantitative estimate of drug-likeness (QED) is 0.235. The van der Waals surface area contributed by atoms with Crippen LogP contribution >= 0.6 is 0 Å². The van der Waals surface area contributed by atoms with Crippen molar-refractivity contribution in [3.63, 3.8) is 0 Å². The predicted molar refractivity (Wildman–Crippen MR) is 149 cm³/mol. The summed E-state index contributed by atoms with van der Waals surface area (Å²) in [5.74, 6) is 0. The fourth-order valence-corrected chi connectivity index (χ4v) is 4.60. The number of aromatic nitrogens is 2. The maximum absolute atomic E-state index is 13.1. The first kappa shape index (κ1) is 24.8. The van der Waals surface area contributed by atoms with Crippen LogP contribution in [0.3, 0.4) is 0 Å². The Bertz CT molecular complexity index is 1450. The second-order valence-electron chi connectivity index (χ2n) is 8.59. The largest absolute Gasteiger partial charge is 0.449 e. The number of carbonyl (C=O) groups excluding carboxylic acids is 2. The van der Waals surface area contributed by atoms with E-state index in [2.05, 4.69) is 0 Å². The molecule has 0 N–H and O–H groups in total. The zero-order valence-electron chi connectivity index (χ0n) is 21.3. The van der Waals surface area contributed by atoms with E-state index < -0.39 is 12.2 Å². The Hall–Kier alpha value is -4.84. The lowest BCUT2D eigenvalue weighted by Gasteiger charge is -2.14. The molecule has 0 spiro atoms. The van der Waals surface area contributed by atoms with Gasteiger partial charge in [-0.1, -0.05) is 78.9 Å². The lowest BCUT2D eigenvalue weighted by atomic mass is 10.1. The van der Waals surface area contributed by atoms with Gasteiger partial charge in [0.15, 0.2) is 0 Å². The molecule has 5 rings (SSSR count). The third-order valence-electron chi connectivity index (χ3n) is 6.26. The molecule has 0 fully saturated rings. The van der Waals surface area contributed by atoms with Crippen molar-refractivity contribution in [1.82, 2.24) is 9.13 Å². The van der Waals surface area contributed by atoms with E-state index in [9.17, 15) is 9.59 Å². The molecule has 5 aromatic rings. The van der Waals surface area contributed by atoms with Crippen molar-refractivity contribution in [2.45, 2.75) is 13.8 Å². The van der Waals surface area contributed by atoms with Crippen molar-refractivity contribution in [3.8, 4) is 45.0 Å². The van der Waals surface area contributed by atoms with E-state index in [0.717, 1.165) is 33.6 Å². The maximum atomic E-state index is 13.1. The molecule has 0 unspecified atom stereocenters. The highest BCUT2D eigenvalue weighted by molar-refractivity contribution is 5.88. The molecule has 0 aliphatic carbocycles. The second kappa shape index (κ2) is 11.0. The van der Waals surface area contributed by atoms with Gasteiger partial charge >= 0.3 is 12.2 Å². The molecule has 0 atom stereocenters. The van der Waals surface area contributed by atoms with Gasteiger partial charge < -0.3 is 9.47 Å². The van der Waals surface area contributed by atoms with Gasteiger partial charge in [-0.05, 0) is 66.4 Å². The Morgan fingerprint density at radius 3 is 1.21 bits per heavy atom. The summed E-state index contributed by atoms with van der Waals surface area (Å²) in [5.41, 5.74) is 6.32. The van der Waals surface area contributed by atoms with Gasteiger partial charge in [-0.2, -0.15) is 0 Å². The molecule has 0 saturated heterocycles. The minimum atomic E-state index is -0.446. The number of hydrogen-bond donors (Lipinski definition) is 0. The smallest absolute Gasteiger partial charge is 0.418 e. The molecule has 0 aliphatic heterocycles. The molecule has 0 radical (unpaired) electrons. The molecule has 6 nitrogen and oxygen atoms in total. The first-order valence-corrected chi connectivity index (χ1v) is 12.6. The van der Waals surface area contributed by atoms with E-state index in [1.807, 2.05) is 109 Å². The van der Waals surface area contributed by atoms with Crippen molar-refractivity contribution < 1.29 is 19.1 Å². The van der Waals surface area contributed by atoms with Gasteiger partial charge in [-0.15, -0.1) is 0 Å². The van der Waals surface area contributed by atoms with E-state index in [1.165, 1.54) is 0 Å². The molecular weight excluding hydrogens is 476 g/mol. The van der Waals surface area contributed by atoms with Crippen LogP contribution in [0.25, 0.3) is 45.0 Å². The van der Waals surface area contributed by atoms with Gasteiger partial charge in [-0.25, -0.2) is 18.7 Å². The number of hydrogen-bond acceptors (Lipinski definition) is 4. The summed E-state index contributed by atoms with van der Waals surface area (Å²) in [6.07, 6.45) is -0.893. The third kappa shape index (κ3) is 4.76. The van der Waals surface area contributed by atoms with Gasteiger partial charge in [-0.3, -0.25) is 0 Å². The van der Waals surface area contributed by atoms with Crippen molar-refractivity contribution in [2.24, 2.45) is 0 Å². The van der Waals surface area contributed by atoms with Gasteiger partial charge in [0.1, 0.15) is 0 Å². The van der Waals surface area contributed by atoms with Crippen LogP contribution in [-0.4, -0.2) is 34.5 Å². The lowest BCUT2D eigenvalue weighted by Crippen LogP contribution is -2.16. The van der Waals surface area contributed by atoms with Crippen LogP contribution in [0.5, 0.6) is 0 Å². The molecular formula is C32H28N2O4. The predicted octanol–water partition coefficient (Wildman–Crippen LogP) is 7.97. The minimum absolute atomic E-state index is 0.264. The Balaban J connectivity index is 1.64. The fraction of sp³-hybridized carbons (Fsp3) is 0.125. The molecule has 0 amide bonds. The summed E-state index contributed by atoms with van der Waals surface area (Å²) in [4.78, 5) is 26.2. The number of carbonyl (C=O) groups is 2. The van der Waals surface area contributed by atoms with Crippen LogP contribution in [0.2, 0.25) is 0 Å². The Labute approximate surface area is 221 Å². The van der Waals surface area contributed by atoms with E-state index in [1.54, 1.807) is 23.0 Å². The van der Waals surface area contributed by atoms with Crippen LogP contribution in [0.15, 0.2) is 109 Å². The monoisotopic (exact) mass is 504 g/mol. The summed E-state index contributed by atoms with van der Waals surface area (Å²) in [7, 11) is 0. The highest BCUT2D eigenvalue weighted by Gasteiger charge is 2.21. The van der Waals surface area contributed by atoms with Crippen molar-refractivity contribution in [3.05, 3.63) is 109 Å². The molecule has 38 heavy (non-hydrogen) atoms. The van der Waals surface area contributed by atoms with Gasteiger partial charge in [0.25, 0.3) is 0 Å². The first-order chi connectivity index (χ1) is 18.6. The number of rotatable bonds is 6. The summed E-state index contributed by atoms with van der Waals surface area (Å²) >= 11 is 0. The van der Waals surface area contributed by atoms with Gasteiger partial charge in [0.05, 0.1) is 36.0 Å². The molecule has 0 bridgehead atoms. The molecule has 2 aromatic heterocycles. The average Bonchev–Trinajstić information content (AvgIpc) is 3.60. The summed E-state index contributed by atoms with van der Waals surface area (Å²) < 4.78 is 14.0. The zero-order valence-corrected chi connectivity index (χ0v) is 21.3. The number of ether oxygens (including phenoxy) is 2. The third-order valence-corrected chi connectivity index (χ3v) is 6.26. The van der Waals surface area contributed by atoms with E-state index in [4.69, 9.17) is 9.47 Å². The van der Waals surface area contributed by atoms with E-state index in [0.29, 0.717) is 11.4 Å². The molecule has 2 heterocycles. The SMILES string of the molecule is CCOC(=O)n1c(-c2ccccc2)ccc1-c1cccc(-c2ccc(-c3ccccc3)n2C(=O)OCC)c1. The van der Waals surface area contributed by atoms with E-state index >= 15 is 0 Å². The first-order valence-electron chi connectivity index (χ1n) is 12.6. The molecule has 0 aliphatic rings. The number of nitrogens with zero attached hydrogens (tertiary/aromatic N) is 2. The van der Waals surface area contributed by atoms with Gasteiger partial charge in [0.2, 0.25) is 0 Å². The standard InChI is InChI=1S/C32H28N2O4/c1-3-37-31(35)33-27(23-12-7-5-8-13-23)18-20-29(33)25-16-11-17-26(22-25)30-21-19-28(24-14-9-6-10-15-24)34(30)32(36)38-4-2/h5-22H,3-4H2,1-2H3. The molecule has 3 aromatic carbocycles. The highest BCUT2D eigenvalue weighted by Crippen LogP contribution is 2.34. The van der Waals surface area contributed by atoms with Crippen LogP contribution in [0.4, 0.5) is 9.59 Å². The second-order valence-corrected chi connectivity index (χ2v) is 8.59.